The maximum Gasteiger partial charge on any atom is 0.413 e. The summed E-state index contributed by atoms with van der Waals surface area (Å²) < 4.78 is 5.14. The monoisotopic (exact) mass is 397 g/mol. The molecule has 2 N–H and O–H groups in total. The van der Waals surface area contributed by atoms with Crippen molar-refractivity contribution in [3.63, 3.8) is 0 Å². The molecule has 0 saturated carbocycles. The van der Waals surface area contributed by atoms with E-state index in [4.69, 9.17) is 27.9 Å². The maximum absolute atomic E-state index is 12.4. The number of amides is 2. The van der Waals surface area contributed by atoms with E-state index in [9.17, 15) is 9.59 Å². The van der Waals surface area contributed by atoms with Gasteiger partial charge in [-0.15, -0.1) is 0 Å². The lowest BCUT2D eigenvalue weighted by atomic mass is 10.2. The third kappa shape index (κ3) is 5.53. The van der Waals surface area contributed by atoms with Crippen LogP contribution in [0.1, 0.15) is 36.8 Å². The highest BCUT2D eigenvalue weighted by Gasteiger charge is 2.20. The molecular formula is C16H17Cl2N5O3. The van der Waals surface area contributed by atoms with Crippen molar-refractivity contribution in [1.29, 1.82) is 0 Å². The zero-order valence-electron chi connectivity index (χ0n) is 14.3. The van der Waals surface area contributed by atoms with Gasteiger partial charge in [-0.25, -0.2) is 14.8 Å². The Morgan fingerprint density at radius 1 is 1.12 bits per heavy atom. The van der Waals surface area contributed by atoms with E-state index in [0.717, 1.165) is 0 Å². The van der Waals surface area contributed by atoms with E-state index in [2.05, 4.69) is 25.6 Å². The lowest BCUT2D eigenvalue weighted by Crippen LogP contribution is -2.28. The second-order valence-corrected chi connectivity index (χ2v) is 6.86. The van der Waals surface area contributed by atoms with Crippen LogP contribution < -0.4 is 10.6 Å². The molecule has 0 spiro atoms. The van der Waals surface area contributed by atoms with Gasteiger partial charge in [0.1, 0.15) is 5.60 Å². The van der Waals surface area contributed by atoms with Crippen molar-refractivity contribution in [3.8, 4) is 0 Å². The highest BCUT2D eigenvalue weighted by Crippen LogP contribution is 2.24. The summed E-state index contributed by atoms with van der Waals surface area (Å²) in [6.45, 7) is 5.24. The third-order valence-corrected chi connectivity index (χ3v) is 3.59. The van der Waals surface area contributed by atoms with E-state index >= 15 is 0 Å². The molecule has 26 heavy (non-hydrogen) atoms. The molecule has 0 aliphatic rings. The number of aromatic nitrogens is 3. The molecule has 0 atom stereocenters. The van der Waals surface area contributed by atoms with Crippen LogP contribution in [0.2, 0.25) is 10.2 Å². The Hall–Kier alpha value is -2.45. The van der Waals surface area contributed by atoms with Crippen LogP contribution in [0.3, 0.4) is 0 Å². The highest BCUT2D eigenvalue weighted by molar-refractivity contribution is 6.36. The van der Waals surface area contributed by atoms with E-state index in [1.54, 1.807) is 20.8 Å². The van der Waals surface area contributed by atoms with E-state index in [1.807, 2.05) is 0 Å². The van der Waals surface area contributed by atoms with Gasteiger partial charge in [-0.1, -0.05) is 23.2 Å². The molecule has 2 amide bonds. The topological polar surface area (TPSA) is 106 Å². The molecule has 0 saturated heterocycles. The van der Waals surface area contributed by atoms with Crippen molar-refractivity contribution in [3.05, 3.63) is 46.1 Å². The Bertz CT molecular complexity index is 824. The average molecular weight is 398 g/mol. The minimum Gasteiger partial charge on any atom is -0.444 e. The first-order chi connectivity index (χ1) is 12.2. The first-order valence-corrected chi connectivity index (χ1v) is 8.31. The molecule has 0 fully saturated rings. The predicted octanol–water partition coefficient (Wildman–Crippen LogP) is 3.46. The molecular weight excluding hydrogens is 381 g/mol. The summed E-state index contributed by atoms with van der Waals surface area (Å²) in [5.74, 6) is -0.461. The Morgan fingerprint density at radius 3 is 2.46 bits per heavy atom. The number of hydrogen-bond acceptors (Lipinski definition) is 6. The molecule has 0 bridgehead atoms. The fourth-order valence-corrected chi connectivity index (χ4v) is 2.25. The fourth-order valence-electron chi connectivity index (χ4n) is 1.83. The van der Waals surface area contributed by atoms with Gasteiger partial charge in [0.15, 0.2) is 11.0 Å². The molecule has 2 heterocycles. The van der Waals surface area contributed by atoms with E-state index < -0.39 is 17.6 Å². The molecule has 2 rings (SSSR count). The van der Waals surface area contributed by atoms with Gasteiger partial charge in [-0.2, -0.15) is 0 Å². The summed E-state index contributed by atoms with van der Waals surface area (Å²) in [5, 5.41) is 5.23. The van der Waals surface area contributed by atoms with Crippen molar-refractivity contribution in [2.75, 3.05) is 5.32 Å². The van der Waals surface area contributed by atoms with Crippen molar-refractivity contribution in [2.45, 2.75) is 32.9 Å². The zero-order chi connectivity index (χ0) is 19.3. The highest BCUT2D eigenvalue weighted by atomic mass is 35.5. The number of nitrogens with one attached hydrogen (secondary N) is 2. The number of carbonyl (C=O) groups is 2. The molecule has 0 radical (unpaired) electrons. The second kappa shape index (κ2) is 8.29. The molecule has 2 aromatic rings. The van der Waals surface area contributed by atoms with Gasteiger partial charge >= 0.3 is 6.09 Å². The van der Waals surface area contributed by atoms with Crippen LogP contribution in [-0.4, -0.2) is 32.6 Å². The standard InChI is InChI=1S/C16H17Cl2N5O3/c1-16(2,3)26-15(25)23-13-11(17)9(4-5-21-13)14(24)22-8-10-12(18)20-7-6-19-10/h4-7H,8H2,1-3H3,(H,22,24)(H,21,23,25). The maximum atomic E-state index is 12.4. The molecule has 8 nitrogen and oxygen atoms in total. The molecule has 0 aliphatic carbocycles. The zero-order valence-corrected chi connectivity index (χ0v) is 15.9. The minimum atomic E-state index is -0.726. The van der Waals surface area contributed by atoms with Gasteiger partial charge < -0.3 is 10.1 Å². The molecule has 10 heteroatoms. The van der Waals surface area contributed by atoms with E-state index in [-0.39, 0.29) is 28.1 Å². The Labute approximate surface area is 160 Å². The Balaban J connectivity index is 2.09. The van der Waals surface area contributed by atoms with Crippen LogP contribution in [0.25, 0.3) is 0 Å². The lowest BCUT2D eigenvalue weighted by molar-refractivity contribution is 0.0635. The first kappa shape index (κ1) is 19.9. The van der Waals surface area contributed by atoms with Crippen LogP contribution in [-0.2, 0) is 11.3 Å². The second-order valence-electron chi connectivity index (χ2n) is 6.12. The van der Waals surface area contributed by atoms with Crippen LogP contribution >= 0.6 is 23.2 Å². The number of halogens is 2. The predicted molar refractivity (Wildman–Crippen MR) is 97.3 cm³/mol. The summed E-state index contributed by atoms with van der Waals surface area (Å²) >= 11 is 12.1. The van der Waals surface area contributed by atoms with Crippen LogP contribution in [0.15, 0.2) is 24.7 Å². The number of anilines is 1. The number of pyridine rings is 1. The smallest absolute Gasteiger partial charge is 0.413 e. The SMILES string of the molecule is CC(C)(C)OC(=O)Nc1nccc(C(=O)NCc2nccnc2Cl)c1Cl. The number of rotatable bonds is 4. The summed E-state index contributed by atoms with van der Waals surface area (Å²) in [6.07, 6.45) is 3.54. The van der Waals surface area contributed by atoms with Gasteiger partial charge in [-0.3, -0.25) is 15.1 Å². The largest absolute Gasteiger partial charge is 0.444 e. The van der Waals surface area contributed by atoms with Crippen LogP contribution in [0, 0.1) is 0 Å². The summed E-state index contributed by atoms with van der Waals surface area (Å²) in [5.41, 5.74) is -0.130. The van der Waals surface area contributed by atoms with Gasteiger partial charge in [-0.05, 0) is 26.8 Å². The molecule has 138 valence electrons. The van der Waals surface area contributed by atoms with Crippen molar-refractivity contribution in [1.82, 2.24) is 20.3 Å². The van der Waals surface area contributed by atoms with E-state index in [0.29, 0.717) is 5.69 Å². The van der Waals surface area contributed by atoms with Gasteiger partial charge in [0.25, 0.3) is 5.91 Å². The number of ether oxygens (including phenoxy) is 1. The van der Waals surface area contributed by atoms with Gasteiger partial charge in [0.05, 0.1) is 22.8 Å². The number of hydrogen-bond donors (Lipinski definition) is 2. The molecule has 0 aliphatic heterocycles. The average Bonchev–Trinajstić information content (AvgIpc) is 2.54. The quantitative estimate of drug-likeness (QED) is 0.817. The third-order valence-electron chi connectivity index (χ3n) is 2.89. The van der Waals surface area contributed by atoms with Gasteiger partial charge in [0.2, 0.25) is 0 Å². The summed E-state index contributed by atoms with van der Waals surface area (Å²) in [6, 6.07) is 1.43. The number of carbonyl (C=O) groups excluding carboxylic acids is 2. The number of nitrogens with zero attached hydrogens (tertiary/aromatic N) is 3. The van der Waals surface area contributed by atoms with Crippen LogP contribution in [0.5, 0.6) is 0 Å². The van der Waals surface area contributed by atoms with Crippen LogP contribution in [0.4, 0.5) is 10.6 Å². The fraction of sp³-hybridized carbons (Fsp3) is 0.312. The Morgan fingerprint density at radius 2 is 1.81 bits per heavy atom. The van der Waals surface area contributed by atoms with E-state index in [1.165, 1.54) is 24.7 Å². The first-order valence-electron chi connectivity index (χ1n) is 7.55. The van der Waals surface area contributed by atoms with Gasteiger partial charge in [0, 0.05) is 18.6 Å². The van der Waals surface area contributed by atoms with Crippen molar-refractivity contribution < 1.29 is 14.3 Å². The molecule has 2 aromatic heterocycles. The minimum absolute atomic E-state index is 0.0129. The Kier molecular flexibility index (Phi) is 6.33. The van der Waals surface area contributed by atoms with Crippen molar-refractivity contribution >= 4 is 41.0 Å². The van der Waals surface area contributed by atoms with Crippen molar-refractivity contribution in [2.24, 2.45) is 0 Å². The lowest BCUT2D eigenvalue weighted by Gasteiger charge is -2.19. The molecule has 0 aromatic carbocycles. The molecule has 0 unspecified atom stereocenters. The summed E-state index contributed by atoms with van der Waals surface area (Å²) in [4.78, 5) is 36.1. The summed E-state index contributed by atoms with van der Waals surface area (Å²) in [7, 11) is 0. The normalized spacial score (nSPS) is 11.0.